The van der Waals surface area contributed by atoms with Crippen molar-refractivity contribution in [1.29, 1.82) is 0 Å². The van der Waals surface area contributed by atoms with Crippen LogP contribution in [0.5, 0.6) is 5.75 Å². The van der Waals surface area contributed by atoms with Gasteiger partial charge in [-0.3, -0.25) is 0 Å². The molecule has 0 saturated heterocycles. The summed E-state index contributed by atoms with van der Waals surface area (Å²) in [4.78, 5) is 2.13. The van der Waals surface area contributed by atoms with Crippen molar-refractivity contribution in [3.63, 3.8) is 0 Å². The molecule has 106 valence electrons. The molecule has 0 aliphatic carbocycles. The number of nitrogens with zero attached hydrogens (tertiary/aromatic N) is 1. The van der Waals surface area contributed by atoms with Gasteiger partial charge in [0.1, 0.15) is 12.4 Å². The number of likely N-dealkylation sites (N-methyl/N-ethyl adjacent to an activating group) is 1. The molecule has 0 aromatic heterocycles. The molecule has 0 aliphatic heterocycles. The molecule has 0 unspecified atom stereocenters. The van der Waals surface area contributed by atoms with Crippen molar-refractivity contribution < 1.29 is 19.5 Å². The topological polar surface area (TPSA) is 62.2 Å². The number of hydrogen-bond donors (Lipinski definition) is 2. The first-order valence-electron chi connectivity index (χ1n) is 6.48. The first kappa shape index (κ1) is 16.0. The minimum Gasteiger partial charge on any atom is -0.492 e. The van der Waals surface area contributed by atoms with Crippen molar-refractivity contribution >= 4 is 12.6 Å². The minimum absolute atomic E-state index is 0.433. The molecular weight excluding hydrogens is 245 g/mol. The van der Waals surface area contributed by atoms with Crippen molar-refractivity contribution in [2.75, 3.05) is 40.0 Å². The zero-order valence-corrected chi connectivity index (χ0v) is 11.6. The number of rotatable bonds is 9. The van der Waals surface area contributed by atoms with Gasteiger partial charge in [0.25, 0.3) is 0 Å². The van der Waals surface area contributed by atoms with Crippen LogP contribution in [0.3, 0.4) is 0 Å². The maximum atomic E-state index is 9.06. The van der Waals surface area contributed by atoms with Crippen LogP contribution in [0.4, 0.5) is 0 Å². The van der Waals surface area contributed by atoms with Crippen molar-refractivity contribution in [2.24, 2.45) is 0 Å². The predicted octanol–water partition coefficient (Wildman–Crippen LogP) is -0.286. The van der Waals surface area contributed by atoms with Gasteiger partial charge in [-0.1, -0.05) is 12.1 Å². The van der Waals surface area contributed by atoms with Crippen LogP contribution >= 0.6 is 0 Å². The van der Waals surface area contributed by atoms with Crippen LogP contribution in [0, 0.1) is 0 Å². The second kappa shape index (κ2) is 8.93. The highest BCUT2D eigenvalue weighted by Crippen LogP contribution is 2.07. The molecule has 6 heteroatoms. The Kier molecular flexibility index (Phi) is 7.51. The number of benzene rings is 1. The fourth-order valence-corrected chi connectivity index (χ4v) is 1.56. The molecule has 0 bridgehead atoms. The molecule has 0 radical (unpaired) electrons. The van der Waals surface area contributed by atoms with Gasteiger partial charge in [0.05, 0.1) is 6.61 Å². The highest BCUT2D eigenvalue weighted by Gasteiger charge is 2.11. The van der Waals surface area contributed by atoms with Crippen molar-refractivity contribution in [3.8, 4) is 5.75 Å². The fourth-order valence-electron chi connectivity index (χ4n) is 1.56. The summed E-state index contributed by atoms with van der Waals surface area (Å²) in [5.41, 5.74) is 0.433. The van der Waals surface area contributed by atoms with Crippen molar-refractivity contribution in [3.05, 3.63) is 24.3 Å². The van der Waals surface area contributed by atoms with Crippen LogP contribution < -0.4 is 10.2 Å². The second-order valence-electron chi connectivity index (χ2n) is 4.29. The van der Waals surface area contributed by atoms with Gasteiger partial charge in [-0.05, 0) is 31.6 Å². The molecule has 0 fully saturated rings. The molecule has 1 aromatic rings. The average molecular weight is 267 g/mol. The van der Waals surface area contributed by atoms with Crippen LogP contribution in [-0.2, 0) is 4.74 Å². The van der Waals surface area contributed by atoms with E-state index >= 15 is 0 Å². The normalized spacial score (nSPS) is 10.8. The summed E-state index contributed by atoms with van der Waals surface area (Å²) in [5, 5.41) is 18.1. The summed E-state index contributed by atoms with van der Waals surface area (Å²) in [7, 11) is 0.549. The van der Waals surface area contributed by atoms with Gasteiger partial charge < -0.3 is 24.4 Å². The summed E-state index contributed by atoms with van der Waals surface area (Å²) in [6.45, 7) is 5.64. The molecule has 1 rings (SSSR count). The van der Waals surface area contributed by atoms with Gasteiger partial charge in [0.15, 0.2) is 0 Å². The van der Waals surface area contributed by atoms with Crippen molar-refractivity contribution in [2.45, 2.75) is 6.92 Å². The molecule has 0 spiro atoms. The monoisotopic (exact) mass is 267 g/mol. The minimum atomic E-state index is -1.46. The Hall–Kier alpha value is -1.08. The third-order valence-corrected chi connectivity index (χ3v) is 2.72. The molecular formula is C13H22BNO4. The van der Waals surface area contributed by atoms with E-state index in [1.54, 1.807) is 24.3 Å². The Bertz CT molecular complexity index is 362. The first-order chi connectivity index (χ1) is 9.13. The van der Waals surface area contributed by atoms with Crippen LogP contribution in [0.25, 0.3) is 0 Å². The van der Waals surface area contributed by atoms with E-state index in [9.17, 15) is 0 Å². The molecule has 5 nitrogen and oxygen atoms in total. The zero-order chi connectivity index (χ0) is 14.1. The maximum Gasteiger partial charge on any atom is 0.488 e. The standard InChI is InChI=1S/C13H22BNO4/c1-3-18-9-7-15(2)8-10-19-13-6-4-5-12(11-13)14(16)17/h4-6,11,16-17H,3,7-10H2,1-2H3. The van der Waals surface area contributed by atoms with Gasteiger partial charge in [0, 0.05) is 19.7 Å². The van der Waals surface area contributed by atoms with Gasteiger partial charge in [-0.2, -0.15) is 0 Å². The van der Waals surface area contributed by atoms with E-state index in [0.29, 0.717) is 17.8 Å². The Balaban J connectivity index is 2.27. The molecule has 0 amide bonds. The summed E-state index contributed by atoms with van der Waals surface area (Å²) in [6.07, 6.45) is 0. The second-order valence-corrected chi connectivity index (χ2v) is 4.29. The molecule has 0 saturated carbocycles. The lowest BCUT2D eigenvalue weighted by molar-refractivity contribution is 0.116. The quantitative estimate of drug-likeness (QED) is 0.475. The van der Waals surface area contributed by atoms with Gasteiger partial charge in [0.2, 0.25) is 0 Å². The molecule has 0 aliphatic rings. The van der Waals surface area contributed by atoms with Crippen molar-refractivity contribution in [1.82, 2.24) is 4.90 Å². The van der Waals surface area contributed by atoms with E-state index in [1.165, 1.54) is 0 Å². The summed E-state index contributed by atoms with van der Waals surface area (Å²) in [5.74, 6) is 0.642. The third kappa shape index (κ3) is 6.59. The van der Waals surface area contributed by atoms with E-state index in [1.807, 2.05) is 14.0 Å². The molecule has 2 N–H and O–H groups in total. The summed E-state index contributed by atoms with van der Waals surface area (Å²) >= 11 is 0. The van der Waals surface area contributed by atoms with E-state index in [0.717, 1.165) is 26.3 Å². The molecule has 1 aromatic carbocycles. The molecule has 0 heterocycles. The van der Waals surface area contributed by atoms with Gasteiger partial charge in [-0.15, -0.1) is 0 Å². The van der Waals surface area contributed by atoms with E-state index in [2.05, 4.69) is 4.90 Å². The highest BCUT2D eigenvalue weighted by molar-refractivity contribution is 6.58. The number of hydrogen-bond acceptors (Lipinski definition) is 5. The zero-order valence-electron chi connectivity index (χ0n) is 11.6. The summed E-state index contributed by atoms with van der Waals surface area (Å²) in [6, 6.07) is 6.81. The number of ether oxygens (including phenoxy) is 2. The Morgan fingerprint density at radius 3 is 2.63 bits per heavy atom. The average Bonchev–Trinajstić information content (AvgIpc) is 2.39. The smallest absolute Gasteiger partial charge is 0.488 e. The van der Waals surface area contributed by atoms with Crippen LogP contribution in [0.2, 0.25) is 0 Å². The SMILES string of the molecule is CCOCCN(C)CCOc1cccc(B(O)O)c1. The van der Waals surface area contributed by atoms with E-state index < -0.39 is 7.12 Å². The van der Waals surface area contributed by atoms with Crippen LogP contribution in [0.1, 0.15) is 6.92 Å². The maximum absolute atomic E-state index is 9.06. The lowest BCUT2D eigenvalue weighted by atomic mass is 9.80. The Labute approximate surface area is 114 Å². The Morgan fingerprint density at radius 1 is 1.21 bits per heavy atom. The van der Waals surface area contributed by atoms with E-state index in [-0.39, 0.29) is 0 Å². The highest BCUT2D eigenvalue weighted by atomic mass is 16.5. The van der Waals surface area contributed by atoms with Gasteiger partial charge >= 0.3 is 7.12 Å². The first-order valence-corrected chi connectivity index (χ1v) is 6.48. The summed E-state index contributed by atoms with van der Waals surface area (Å²) < 4.78 is 10.8. The predicted molar refractivity (Wildman–Crippen MR) is 75.8 cm³/mol. The fraction of sp³-hybridized carbons (Fsp3) is 0.538. The van der Waals surface area contributed by atoms with Gasteiger partial charge in [-0.25, -0.2) is 0 Å². The molecule has 19 heavy (non-hydrogen) atoms. The van der Waals surface area contributed by atoms with E-state index in [4.69, 9.17) is 19.5 Å². The molecule has 0 atom stereocenters. The third-order valence-electron chi connectivity index (χ3n) is 2.72. The van der Waals surface area contributed by atoms with Crippen LogP contribution in [0.15, 0.2) is 24.3 Å². The van der Waals surface area contributed by atoms with Crippen LogP contribution in [-0.4, -0.2) is 62.0 Å². The lowest BCUT2D eigenvalue weighted by Gasteiger charge is -2.16. The lowest BCUT2D eigenvalue weighted by Crippen LogP contribution is -2.30. The largest absolute Gasteiger partial charge is 0.492 e. The Morgan fingerprint density at radius 2 is 1.95 bits per heavy atom.